The molecule has 3 aliphatic rings. The molecule has 3 amide bonds. The van der Waals surface area contributed by atoms with E-state index in [4.69, 9.17) is 0 Å². The third-order valence-corrected chi connectivity index (χ3v) is 8.41. The van der Waals surface area contributed by atoms with Crippen LogP contribution in [0.15, 0.2) is 18.2 Å². The van der Waals surface area contributed by atoms with Crippen molar-refractivity contribution >= 4 is 29.4 Å². The Bertz CT molecular complexity index is 767. The highest BCUT2D eigenvalue weighted by Gasteiger charge is 2.48. The summed E-state index contributed by atoms with van der Waals surface area (Å²) in [4.78, 5) is 30.0. The molecule has 2 saturated heterocycles. The topological polar surface area (TPSA) is 52.7 Å². The number of likely N-dealkylation sites (tertiary alicyclic amines) is 1. The van der Waals surface area contributed by atoms with Crippen LogP contribution in [0.1, 0.15) is 56.1 Å². The molecular weight excluding hydrogens is 382 g/mol. The number of piperidine rings is 1. The average molecular weight is 416 g/mol. The summed E-state index contributed by atoms with van der Waals surface area (Å²) in [5, 5.41) is 3.07. The Hall–Kier alpha value is -1.69. The summed E-state index contributed by atoms with van der Waals surface area (Å²) in [7, 11) is 0. The molecule has 158 valence electrons. The van der Waals surface area contributed by atoms with Gasteiger partial charge in [0.05, 0.1) is 4.87 Å². The number of benzene rings is 1. The zero-order chi connectivity index (χ0) is 20.4. The number of carbonyl (C=O) groups is 2. The number of anilines is 1. The number of hydrogen-bond donors (Lipinski definition) is 1. The Balaban J connectivity index is 1.37. The van der Waals surface area contributed by atoms with Gasteiger partial charge in [0.1, 0.15) is 0 Å². The molecule has 6 heteroatoms. The van der Waals surface area contributed by atoms with Crippen LogP contribution < -0.4 is 5.32 Å². The van der Waals surface area contributed by atoms with Crippen LogP contribution in [-0.4, -0.2) is 52.0 Å². The lowest BCUT2D eigenvalue weighted by atomic mass is 9.87. The zero-order valence-corrected chi connectivity index (χ0v) is 18.5. The molecule has 1 saturated carbocycles. The molecule has 0 atom stereocenters. The van der Waals surface area contributed by atoms with Crippen molar-refractivity contribution in [1.82, 2.24) is 9.80 Å². The number of rotatable bonds is 2. The van der Waals surface area contributed by atoms with Crippen LogP contribution >= 0.6 is 11.8 Å². The number of amides is 3. The molecule has 2 heterocycles. The lowest BCUT2D eigenvalue weighted by Crippen LogP contribution is -2.55. The number of aryl methyl sites for hydroxylation is 2. The van der Waals surface area contributed by atoms with Crippen LogP contribution in [0.3, 0.4) is 0 Å². The number of hydrogen-bond acceptors (Lipinski definition) is 3. The molecule has 1 N–H and O–H groups in total. The van der Waals surface area contributed by atoms with Crippen LogP contribution in [0, 0.1) is 19.8 Å². The van der Waals surface area contributed by atoms with E-state index in [1.165, 1.54) is 24.8 Å². The standard InChI is InChI=1S/C23H33N3O2S/c1-17-8-9-20(18(2)16-17)24-22(28)25-12-10-23(11-13-25)26(14-15-29-23)21(27)19-6-4-3-5-7-19/h8-9,16,19H,3-7,10-15H2,1-2H3,(H,24,28). The SMILES string of the molecule is Cc1ccc(NC(=O)N2CCC3(CC2)SCCN3C(=O)C2CCCCC2)c(C)c1. The van der Waals surface area contributed by atoms with E-state index in [0.29, 0.717) is 19.0 Å². The van der Waals surface area contributed by atoms with E-state index in [1.54, 1.807) is 0 Å². The van der Waals surface area contributed by atoms with Crippen molar-refractivity contribution in [3.05, 3.63) is 29.3 Å². The first-order valence-electron chi connectivity index (χ1n) is 11.1. The summed E-state index contributed by atoms with van der Waals surface area (Å²) in [6.07, 6.45) is 7.51. The molecule has 0 radical (unpaired) electrons. The summed E-state index contributed by atoms with van der Waals surface area (Å²) in [6, 6.07) is 6.06. The van der Waals surface area contributed by atoms with E-state index < -0.39 is 0 Å². The maximum absolute atomic E-state index is 13.2. The lowest BCUT2D eigenvalue weighted by molar-refractivity contribution is -0.140. The van der Waals surface area contributed by atoms with Gasteiger partial charge in [-0.3, -0.25) is 4.79 Å². The lowest BCUT2D eigenvalue weighted by Gasteiger charge is -2.45. The zero-order valence-electron chi connectivity index (χ0n) is 17.7. The fourth-order valence-corrected chi connectivity index (χ4v) is 6.57. The van der Waals surface area contributed by atoms with Gasteiger partial charge in [0.25, 0.3) is 0 Å². The number of carbonyl (C=O) groups excluding carboxylic acids is 2. The molecule has 0 bridgehead atoms. The highest BCUT2D eigenvalue weighted by molar-refractivity contribution is 8.00. The van der Waals surface area contributed by atoms with Crippen LogP contribution in [-0.2, 0) is 4.79 Å². The van der Waals surface area contributed by atoms with Crippen molar-refractivity contribution in [3.8, 4) is 0 Å². The molecule has 5 nitrogen and oxygen atoms in total. The minimum absolute atomic E-state index is 0.0278. The molecule has 0 aromatic heterocycles. The van der Waals surface area contributed by atoms with Gasteiger partial charge in [-0.1, -0.05) is 37.0 Å². The molecular formula is C23H33N3O2S. The van der Waals surface area contributed by atoms with E-state index in [0.717, 1.165) is 49.2 Å². The van der Waals surface area contributed by atoms with Gasteiger partial charge in [-0.25, -0.2) is 4.79 Å². The summed E-state index contributed by atoms with van der Waals surface area (Å²) in [6.45, 7) is 6.37. The molecule has 4 rings (SSSR count). The van der Waals surface area contributed by atoms with Gasteiger partial charge in [0.15, 0.2) is 0 Å². The highest BCUT2D eigenvalue weighted by atomic mass is 32.2. The Morgan fingerprint density at radius 1 is 1.07 bits per heavy atom. The fourth-order valence-electron chi connectivity index (χ4n) is 5.11. The Morgan fingerprint density at radius 3 is 2.48 bits per heavy atom. The quantitative estimate of drug-likeness (QED) is 0.756. The van der Waals surface area contributed by atoms with E-state index in [9.17, 15) is 9.59 Å². The largest absolute Gasteiger partial charge is 0.327 e. The Morgan fingerprint density at radius 2 is 1.79 bits per heavy atom. The number of thioether (sulfide) groups is 1. The summed E-state index contributed by atoms with van der Waals surface area (Å²) in [5.41, 5.74) is 3.16. The third kappa shape index (κ3) is 4.27. The monoisotopic (exact) mass is 415 g/mol. The Labute approximate surface area is 178 Å². The van der Waals surface area contributed by atoms with Crippen LogP contribution in [0.4, 0.5) is 10.5 Å². The molecule has 2 aliphatic heterocycles. The van der Waals surface area contributed by atoms with Crippen molar-refractivity contribution in [2.75, 3.05) is 30.7 Å². The van der Waals surface area contributed by atoms with E-state index in [1.807, 2.05) is 35.7 Å². The van der Waals surface area contributed by atoms with Gasteiger partial charge in [0.2, 0.25) is 5.91 Å². The summed E-state index contributed by atoms with van der Waals surface area (Å²) >= 11 is 1.93. The van der Waals surface area contributed by atoms with Gasteiger partial charge >= 0.3 is 6.03 Å². The number of nitrogens with zero attached hydrogens (tertiary/aromatic N) is 2. The van der Waals surface area contributed by atoms with Crippen LogP contribution in [0.25, 0.3) is 0 Å². The first kappa shape index (κ1) is 20.6. The van der Waals surface area contributed by atoms with Crippen molar-refractivity contribution < 1.29 is 9.59 Å². The third-order valence-electron chi connectivity index (χ3n) is 6.85. The van der Waals surface area contributed by atoms with Gasteiger partial charge in [0, 0.05) is 37.0 Å². The summed E-state index contributed by atoms with van der Waals surface area (Å²) in [5.74, 6) is 1.63. The second-order valence-electron chi connectivity index (χ2n) is 8.86. The van der Waals surface area contributed by atoms with Crippen molar-refractivity contribution in [3.63, 3.8) is 0 Å². The minimum Gasteiger partial charge on any atom is -0.327 e. The molecule has 1 aromatic rings. The Kier molecular flexibility index (Phi) is 6.09. The second-order valence-corrected chi connectivity index (χ2v) is 10.3. The van der Waals surface area contributed by atoms with Gasteiger partial charge in [-0.2, -0.15) is 0 Å². The van der Waals surface area contributed by atoms with Gasteiger partial charge in [-0.05, 0) is 51.2 Å². The molecule has 1 spiro atoms. The normalized spacial score (nSPS) is 22.1. The predicted octanol–water partition coefficient (Wildman–Crippen LogP) is 4.78. The molecule has 0 unspecified atom stereocenters. The van der Waals surface area contributed by atoms with Crippen molar-refractivity contribution in [2.45, 2.75) is 63.7 Å². The van der Waals surface area contributed by atoms with E-state index in [-0.39, 0.29) is 16.8 Å². The van der Waals surface area contributed by atoms with E-state index in [2.05, 4.69) is 23.2 Å². The smallest absolute Gasteiger partial charge is 0.321 e. The first-order valence-corrected chi connectivity index (χ1v) is 12.1. The minimum atomic E-state index is -0.0922. The predicted molar refractivity (Wildman–Crippen MR) is 119 cm³/mol. The van der Waals surface area contributed by atoms with Crippen LogP contribution in [0.2, 0.25) is 0 Å². The molecule has 29 heavy (non-hydrogen) atoms. The molecule has 1 aromatic carbocycles. The molecule has 1 aliphatic carbocycles. The van der Waals surface area contributed by atoms with Crippen molar-refractivity contribution in [1.29, 1.82) is 0 Å². The van der Waals surface area contributed by atoms with Crippen molar-refractivity contribution in [2.24, 2.45) is 5.92 Å². The first-order chi connectivity index (χ1) is 14.0. The average Bonchev–Trinajstić information content (AvgIpc) is 3.13. The van der Waals surface area contributed by atoms with Crippen LogP contribution in [0.5, 0.6) is 0 Å². The number of nitrogens with one attached hydrogen (secondary N) is 1. The fraction of sp³-hybridized carbons (Fsp3) is 0.652. The van der Waals surface area contributed by atoms with Gasteiger partial charge < -0.3 is 15.1 Å². The maximum atomic E-state index is 13.2. The molecule has 3 fully saturated rings. The number of urea groups is 1. The summed E-state index contributed by atoms with van der Waals surface area (Å²) < 4.78 is 0. The highest BCUT2D eigenvalue weighted by Crippen LogP contribution is 2.45. The van der Waals surface area contributed by atoms with Gasteiger partial charge in [-0.15, -0.1) is 11.8 Å². The van der Waals surface area contributed by atoms with E-state index >= 15 is 0 Å². The maximum Gasteiger partial charge on any atom is 0.321 e. The second kappa shape index (κ2) is 8.58.